The molecule has 1 aromatic heterocycles. The Bertz CT molecular complexity index is 1220. The molecule has 0 spiro atoms. The fourth-order valence-corrected chi connectivity index (χ4v) is 4.78. The molecule has 0 aliphatic carbocycles. The van der Waals surface area contributed by atoms with E-state index in [0.717, 1.165) is 36.0 Å². The van der Waals surface area contributed by atoms with Crippen molar-refractivity contribution in [1.29, 1.82) is 0 Å². The maximum absolute atomic E-state index is 13.1. The lowest BCUT2D eigenvalue weighted by Crippen LogP contribution is -2.33. The Morgan fingerprint density at radius 2 is 1.82 bits per heavy atom. The first-order valence-corrected chi connectivity index (χ1v) is 11.9. The molecule has 3 aromatic rings. The molecule has 1 unspecified atom stereocenters. The van der Waals surface area contributed by atoms with Crippen LogP contribution in [0.1, 0.15) is 42.5 Å². The van der Waals surface area contributed by atoms with Gasteiger partial charge in [0.2, 0.25) is 0 Å². The molecule has 5 nitrogen and oxygen atoms in total. The number of hydrogen-bond donors (Lipinski definition) is 1. The highest BCUT2D eigenvalue weighted by atomic mass is 35.5. The standard InChI is InChI=1S/C26H24Cl2N4O/c1-16-10-12-32(13-11-16)23-9-6-17(15-29-23)24-20-14-18(27)7-8-22(20)30-26(33)25(31-24)19-4-2-3-5-21(19)28/h2-9,14-16,25H,10-13H2,1H3,(H,30,33). The number of anilines is 2. The molecule has 1 amide bonds. The third kappa shape index (κ3) is 4.48. The van der Waals surface area contributed by atoms with Gasteiger partial charge in [0.05, 0.1) is 11.4 Å². The summed E-state index contributed by atoms with van der Waals surface area (Å²) in [6.07, 6.45) is 4.18. The normalized spacial score (nSPS) is 18.9. The van der Waals surface area contributed by atoms with Gasteiger partial charge in [-0.2, -0.15) is 0 Å². The van der Waals surface area contributed by atoms with E-state index in [9.17, 15) is 4.79 Å². The Labute approximate surface area is 203 Å². The van der Waals surface area contributed by atoms with Crippen molar-refractivity contribution in [2.24, 2.45) is 10.9 Å². The highest BCUT2D eigenvalue weighted by molar-refractivity contribution is 6.32. The first kappa shape index (κ1) is 21.9. The summed E-state index contributed by atoms with van der Waals surface area (Å²) in [5, 5.41) is 4.06. The van der Waals surface area contributed by atoms with Crippen molar-refractivity contribution in [3.05, 3.63) is 87.5 Å². The third-order valence-electron chi connectivity index (χ3n) is 6.33. The first-order valence-electron chi connectivity index (χ1n) is 11.1. The summed E-state index contributed by atoms with van der Waals surface area (Å²) in [6.45, 7) is 4.32. The van der Waals surface area contributed by atoms with Gasteiger partial charge in [-0.05, 0) is 55.2 Å². The summed E-state index contributed by atoms with van der Waals surface area (Å²) in [7, 11) is 0. The Morgan fingerprint density at radius 3 is 2.55 bits per heavy atom. The zero-order valence-corrected chi connectivity index (χ0v) is 19.8. The number of nitrogens with one attached hydrogen (secondary N) is 1. The minimum Gasteiger partial charge on any atom is -0.357 e. The van der Waals surface area contributed by atoms with Crippen LogP contribution in [0.25, 0.3) is 0 Å². The zero-order chi connectivity index (χ0) is 22.9. The van der Waals surface area contributed by atoms with E-state index in [2.05, 4.69) is 17.1 Å². The summed E-state index contributed by atoms with van der Waals surface area (Å²) in [5.74, 6) is 1.48. The number of carbonyl (C=O) groups excluding carboxylic acids is 1. The Hall–Kier alpha value is -2.89. The van der Waals surface area contributed by atoms with Crippen molar-refractivity contribution >= 4 is 46.3 Å². The summed E-state index contributed by atoms with van der Waals surface area (Å²) >= 11 is 12.8. The number of benzodiazepines with no additional fused rings is 1. The number of rotatable bonds is 3. The van der Waals surface area contributed by atoms with Crippen LogP contribution in [0.4, 0.5) is 11.5 Å². The van der Waals surface area contributed by atoms with Crippen molar-refractivity contribution < 1.29 is 4.79 Å². The fourth-order valence-electron chi connectivity index (χ4n) is 4.37. The van der Waals surface area contributed by atoms with Crippen LogP contribution in [0.3, 0.4) is 0 Å². The summed E-state index contributed by atoms with van der Waals surface area (Å²) in [5.41, 5.74) is 3.54. The molecule has 2 aliphatic heterocycles. The lowest BCUT2D eigenvalue weighted by Gasteiger charge is -2.31. The number of piperidine rings is 1. The van der Waals surface area contributed by atoms with Crippen LogP contribution in [0.2, 0.25) is 10.0 Å². The van der Waals surface area contributed by atoms with E-state index in [4.69, 9.17) is 33.2 Å². The third-order valence-corrected chi connectivity index (χ3v) is 6.91. The van der Waals surface area contributed by atoms with Crippen molar-refractivity contribution in [2.45, 2.75) is 25.8 Å². The number of halogens is 2. The minimum absolute atomic E-state index is 0.242. The minimum atomic E-state index is -0.789. The van der Waals surface area contributed by atoms with Gasteiger partial charge in [0.25, 0.3) is 5.91 Å². The molecule has 1 fully saturated rings. The summed E-state index contributed by atoms with van der Waals surface area (Å²) in [6, 6.07) is 15.9. The number of aromatic nitrogens is 1. The Kier molecular flexibility index (Phi) is 6.09. The van der Waals surface area contributed by atoms with Crippen LogP contribution in [0.15, 0.2) is 65.8 Å². The van der Waals surface area contributed by atoms with Crippen molar-refractivity contribution in [2.75, 3.05) is 23.3 Å². The highest BCUT2D eigenvalue weighted by Gasteiger charge is 2.29. The lowest BCUT2D eigenvalue weighted by atomic mass is 9.99. The van der Waals surface area contributed by atoms with Gasteiger partial charge in [-0.25, -0.2) is 4.98 Å². The predicted molar refractivity (Wildman–Crippen MR) is 135 cm³/mol. The van der Waals surface area contributed by atoms with Gasteiger partial charge in [-0.3, -0.25) is 9.79 Å². The van der Waals surface area contributed by atoms with Gasteiger partial charge < -0.3 is 10.2 Å². The molecular weight excluding hydrogens is 455 g/mol. The molecule has 5 rings (SSSR count). The van der Waals surface area contributed by atoms with Gasteiger partial charge in [0.15, 0.2) is 6.04 Å². The largest absolute Gasteiger partial charge is 0.357 e. The van der Waals surface area contributed by atoms with Crippen LogP contribution in [0, 0.1) is 5.92 Å². The van der Waals surface area contributed by atoms with E-state index in [0.29, 0.717) is 27.0 Å². The molecule has 2 aromatic carbocycles. The maximum atomic E-state index is 13.1. The smallest absolute Gasteiger partial charge is 0.253 e. The van der Waals surface area contributed by atoms with Gasteiger partial charge in [-0.1, -0.05) is 48.3 Å². The van der Waals surface area contributed by atoms with Crippen LogP contribution in [0.5, 0.6) is 0 Å². The Balaban J connectivity index is 1.58. The molecule has 0 radical (unpaired) electrons. The monoisotopic (exact) mass is 478 g/mol. The molecule has 0 saturated carbocycles. The number of fused-ring (bicyclic) bond motifs is 1. The molecular formula is C26H24Cl2N4O. The van der Waals surface area contributed by atoms with Crippen molar-refractivity contribution in [1.82, 2.24) is 4.98 Å². The number of nitrogens with zero attached hydrogens (tertiary/aromatic N) is 3. The second kappa shape index (κ2) is 9.16. The summed E-state index contributed by atoms with van der Waals surface area (Å²) in [4.78, 5) is 25.1. The second-order valence-electron chi connectivity index (χ2n) is 8.66. The van der Waals surface area contributed by atoms with Gasteiger partial charge in [0, 0.05) is 46.0 Å². The van der Waals surface area contributed by atoms with Crippen LogP contribution < -0.4 is 10.2 Å². The Morgan fingerprint density at radius 1 is 1.03 bits per heavy atom. The van der Waals surface area contributed by atoms with E-state index < -0.39 is 6.04 Å². The van der Waals surface area contributed by atoms with Crippen LogP contribution in [-0.2, 0) is 4.79 Å². The number of aliphatic imine (C=N–C) groups is 1. The SMILES string of the molecule is CC1CCN(c2ccc(C3=NC(c4ccccc4Cl)C(=O)Nc4ccc(Cl)cc43)cn2)CC1. The highest BCUT2D eigenvalue weighted by Crippen LogP contribution is 2.34. The maximum Gasteiger partial charge on any atom is 0.253 e. The van der Waals surface area contributed by atoms with Crippen molar-refractivity contribution in [3.8, 4) is 0 Å². The molecule has 1 N–H and O–H groups in total. The molecule has 7 heteroatoms. The van der Waals surface area contributed by atoms with Gasteiger partial charge >= 0.3 is 0 Å². The van der Waals surface area contributed by atoms with E-state index >= 15 is 0 Å². The molecule has 33 heavy (non-hydrogen) atoms. The molecule has 3 heterocycles. The topological polar surface area (TPSA) is 57.6 Å². The quantitative estimate of drug-likeness (QED) is 0.490. The van der Waals surface area contributed by atoms with Gasteiger partial charge in [-0.15, -0.1) is 0 Å². The van der Waals surface area contributed by atoms with Crippen LogP contribution in [-0.4, -0.2) is 29.7 Å². The number of pyridine rings is 1. The second-order valence-corrected chi connectivity index (χ2v) is 9.50. The molecule has 0 bridgehead atoms. The number of amides is 1. The lowest BCUT2D eigenvalue weighted by molar-refractivity contribution is -0.117. The molecule has 2 aliphatic rings. The molecule has 1 atom stereocenters. The van der Waals surface area contributed by atoms with E-state index in [1.54, 1.807) is 18.2 Å². The van der Waals surface area contributed by atoms with E-state index in [-0.39, 0.29) is 5.91 Å². The number of benzene rings is 2. The first-order chi connectivity index (χ1) is 16.0. The van der Waals surface area contributed by atoms with Gasteiger partial charge in [0.1, 0.15) is 5.82 Å². The predicted octanol–water partition coefficient (Wildman–Crippen LogP) is 6.16. The van der Waals surface area contributed by atoms with Crippen molar-refractivity contribution in [3.63, 3.8) is 0 Å². The van der Waals surface area contributed by atoms with E-state index in [1.165, 1.54) is 12.8 Å². The molecule has 1 saturated heterocycles. The zero-order valence-electron chi connectivity index (χ0n) is 18.3. The fraction of sp³-hybridized carbons (Fsp3) is 0.269. The number of carbonyl (C=O) groups is 1. The van der Waals surface area contributed by atoms with Crippen LogP contribution >= 0.6 is 23.2 Å². The summed E-state index contributed by atoms with van der Waals surface area (Å²) < 4.78 is 0. The number of hydrogen-bond acceptors (Lipinski definition) is 4. The average Bonchev–Trinajstić information content (AvgIpc) is 2.96. The molecule has 168 valence electrons. The van der Waals surface area contributed by atoms with E-state index in [1.807, 2.05) is 42.6 Å². The average molecular weight is 479 g/mol.